The van der Waals surface area contributed by atoms with Crippen LogP contribution >= 0.6 is 11.6 Å². The van der Waals surface area contributed by atoms with Crippen LogP contribution in [0, 0.1) is 5.92 Å². The van der Waals surface area contributed by atoms with E-state index in [0.717, 1.165) is 18.8 Å². The highest BCUT2D eigenvalue weighted by Crippen LogP contribution is 2.32. The normalized spacial score (nSPS) is 20.7. The molecule has 1 saturated heterocycles. The molecule has 3 aromatic rings. The Balaban J connectivity index is 1.57. The lowest BCUT2D eigenvalue weighted by Gasteiger charge is -2.16. The molecule has 0 aliphatic carbocycles. The first-order valence-corrected chi connectivity index (χ1v) is 9.17. The van der Waals surface area contributed by atoms with Crippen molar-refractivity contribution in [2.24, 2.45) is 11.7 Å². The number of aromatic nitrogens is 2. The summed E-state index contributed by atoms with van der Waals surface area (Å²) in [5.74, 6) is 0.833. The maximum Gasteiger partial charge on any atom is 0.258 e. The highest BCUT2D eigenvalue weighted by Gasteiger charge is 2.32. The summed E-state index contributed by atoms with van der Waals surface area (Å²) in [4.78, 5) is 19.3. The second-order valence-electron chi connectivity index (χ2n) is 6.87. The van der Waals surface area contributed by atoms with E-state index in [2.05, 4.69) is 34.1 Å². The van der Waals surface area contributed by atoms with Gasteiger partial charge in [-0.3, -0.25) is 14.1 Å². The van der Waals surface area contributed by atoms with E-state index >= 15 is 0 Å². The number of rotatable bonds is 4. The maximum atomic E-state index is 12.4. The molecule has 3 heterocycles. The molecule has 2 atom stereocenters. The highest BCUT2D eigenvalue weighted by molar-refractivity contribution is 6.30. The van der Waals surface area contributed by atoms with E-state index in [-0.39, 0.29) is 5.56 Å². The molecule has 1 fully saturated rings. The molecule has 1 aliphatic rings. The number of likely N-dealkylation sites (tertiary alicyclic amines) is 1. The average Bonchev–Trinajstić information content (AvgIpc) is 3.06. The van der Waals surface area contributed by atoms with Crippen molar-refractivity contribution in [3.05, 3.63) is 81.4 Å². The highest BCUT2D eigenvalue weighted by atomic mass is 35.5. The van der Waals surface area contributed by atoms with E-state index in [9.17, 15) is 4.79 Å². The van der Waals surface area contributed by atoms with Gasteiger partial charge in [0.1, 0.15) is 5.65 Å². The van der Waals surface area contributed by atoms with Crippen molar-refractivity contribution in [1.29, 1.82) is 0 Å². The van der Waals surface area contributed by atoms with Gasteiger partial charge in [0, 0.05) is 37.8 Å². The van der Waals surface area contributed by atoms with Crippen LogP contribution in [-0.4, -0.2) is 33.9 Å². The summed E-state index contributed by atoms with van der Waals surface area (Å²) in [6.07, 6.45) is 1.60. The van der Waals surface area contributed by atoms with Crippen LogP contribution in [0.25, 0.3) is 5.65 Å². The van der Waals surface area contributed by atoms with E-state index in [1.165, 1.54) is 9.96 Å². The fraction of sp³-hybridized carbons (Fsp3) is 0.300. The molecule has 0 unspecified atom stereocenters. The molecule has 0 radical (unpaired) electrons. The van der Waals surface area contributed by atoms with Gasteiger partial charge in [0.15, 0.2) is 0 Å². The number of nitrogens with two attached hydrogens (primary N) is 1. The van der Waals surface area contributed by atoms with Gasteiger partial charge in [-0.05, 0) is 30.2 Å². The molecule has 1 aliphatic heterocycles. The van der Waals surface area contributed by atoms with E-state index in [1.807, 2.05) is 6.07 Å². The van der Waals surface area contributed by atoms with Crippen molar-refractivity contribution < 1.29 is 0 Å². The van der Waals surface area contributed by atoms with Gasteiger partial charge in [0.25, 0.3) is 5.56 Å². The number of hydrogen-bond acceptors (Lipinski definition) is 4. The summed E-state index contributed by atoms with van der Waals surface area (Å²) in [6, 6.07) is 15.6. The third kappa shape index (κ3) is 3.38. The second kappa shape index (κ2) is 7.19. The van der Waals surface area contributed by atoms with Crippen LogP contribution in [0.3, 0.4) is 0 Å². The van der Waals surface area contributed by atoms with Gasteiger partial charge in [-0.1, -0.05) is 41.9 Å². The quantitative estimate of drug-likeness (QED) is 0.768. The minimum absolute atomic E-state index is 0.110. The average molecular weight is 369 g/mol. The van der Waals surface area contributed by atoms with Crippen molar-refractivity contribution >= 4 is 17.2 Å². The number of halogens is 1. The lowest BCUT2D eigenvalue weighted by molar-refractivity contribution is 0.313. The molecule has 0 saturated carbocycles. The second-order valence-corrected chi connectivity index (χ2v) is 7.30. The minimum Gasteiger partial charge on any atom is -0.330 e. The third-order valence-electron chi connectivity index (χ3n) is 5.11. The topological polar surface area (TPSA) is 63.6 Å². The molecule has 134 valence electrons. The van der Waals surface area contributed by atoms with Gasteiger partial charge in [0.05, 0.1) is 10.7 Å². The number of benzene rings is 1. The van der Waals surface area contributed by atoms with Gasteiger partial charge in [-0.2, -0.15) is 0 Å². The predicted octanol–water partition coefficient (Wildman–Crippen LogP) is 2.52. The molecular formula is C20H21ClN4O. The SMILES string of the molecule is NC[C@@H]1CN(Cc2cc(=O)n3cc(Cl)ccc3n2)C[C@H]1c1ccccc1. The van der Waals surface area contributed by atoms with Crippen LogP contribution in [0.5, 0.6) is 0 Å². The zero-order valence-corrected chi connectivity index (χ0v) is 15.1. The van der Waals surface area contributed by atoms with Crippen LogP contribution in [-0.2, 0) is 6.54 Å². The summed E-state index contributed by atoms with van der Waals surface area (Å²) < 4.78 is 1.48. The molecule has 6 heteroatoms. The van der Waals surface area contributed by atoms with E-state index < -0.39 is 0 Å². The van der Waals surface area contributed by atoms with E-state index in [1.54, 1.807) is 24.4 Å². The summed E-state index contributed by atoms with van der Waals surface area (Å²) >= 11 is 5.97. The number of fused-ring (bicyclic) bond motifs is 1. The fourth-order valence-electron chi connectivity index (χ4n) is 3.84. The third-order valence-corrected chi connectivity index (χ3v) is 5.33. The molecule has 0 amide bonds. The molecule has 2 aromatic heterocycles. The zero-order valence-electron chi connectivity index (χ0n) is 14.4. The van der Waals surface area contributed by atoms with Crippen molar-refractivity contribution in [3.63, 3.8) is 0 Å². The van der Waals surface area contributed by atoms with E-state index in [0.29, 0.717) is 35.6 Å². The van der Waals surface area contributed by atoms with Gasteiger partial charge in [-0.15, -0.1) is 0 Å². The summed E-state index contributed by atoms with van der Waals surface area (Å²) in [6.45, 7) is 3.14. The molecule has 1 aromatic carbocycles. The number of nitrogens with zero attached hydrogens (tertiary/aromatic N) is 3. The van der Waals surface area contributed by atoms with Crippen LogP contribution < -0.4 is 11.3 Å². The zero-order chi connectivity index (χ0) is 18.1. The van der Waals surface area contributed by atoms with Crippen molar-refractivity contribution in [1.82, 2.24) is 14.3 Å². The lowest BCUT2D eigenvalue weighted by atomic mass is 9.89. The van der Waals surface area contributed by atoms with Crippen molar-refractivity contribution in [2.75, 3.05) is 19.6 Å². The van der Waals surface area contributed by atoms with Gasteiger partial charge in [0.2, 0.25) is 0 Å². The standard InChI is InChI=1S/C20H21ClN4O/c21-16-6-7-19-23-17(8-20(26)25(19)11-16)12-24-10-15(9-22)18(13-24)14-4-2-1-3-5-14/h1-8,11,15,18H,9-10,12-13,22H2/t15-,18+/m1/s1. The Bertz CT molecular complexity index is 972. The monoisotopic (exact) mass is 368 g/mol. The molecule has 26 heavy (non-hydrogen) atoms. The molecule has 2 N–H and O–H groups in total. The van der Waals surface area contributed by atoms with Crippen molar-refractivity contribution in [2.45, 2.75) is 12.5 Å². The summed E-state index contributed by atoms with van der Waals surface area (Å²) in [5.41, 5.74) is 8.63. The van der Waals surface area contributed by atoms with Crippen LogP contribution in [0.1, 0.15) is 17.2 Å². The first-order valence-electron chi connectivity index (χ1n) is 8.79. The Hall–Kier alpha value is -2.21. The summed E-state index contributed by atoms with van der Waals surface area (Å²) in [7, 11) is 0. The number of pyridine rings is 1. The minimum atomic E-state index is -0.110. The Kier molecular flexibility index (Phi) is 4.76. The molecule has 5 nitrogen and oxygen atoms in total. The van der Waals surface area contributed by atoms with Crippen LogP contribution in [0.4, 0.5) is 0 Å². The van der Waals surface area contributed by atoms with Gasteiger partial charge < -0.3 is 5.73 Å². The maximum absolute atomic E-state index is 12.4. The Morgan fingerprint density at radius 1 is 1.15 bits per heavy atom. The largest absolute Gasteiger partial charge is 0.330 e. The Morgan fingerprint density at radius 2 is 1.96 bits per heavy atom. The lowest BCUT2D eigenvalue weighted by Crippen LogP contribution is -2.25. The van der Waals surface area contributed by atoms with Gasteiger partial charge >= 0.3 is 0 Å². The molecule has 4 rings (SSSR count). The van der Waals surface area contributed by atoms with Crippen LogP contribution in [0.15, 0.2) is 59.5 Å². The summed E-state index contributed by atoms with van der Waals surface area (Å²) in [5, 5.41) is 0.519. The predicted molar refractivity (Wildman–Crippen MR) is 103 cm³/mol. The Morgan fingerprint density at radius 3 is 2.73 bits per heavy atom. The number of hydrogen-bond donors (Lipinski definition) is 1. The first kappa shape index (κ1) is 17.2. The van der Waals surface area contributed by atoms with E-state index in [4.69, 9.17) is 17.3 Å². The van der Waals surface area contributed by atoms with Gasteiger partial charge in [-0.25, -0.2) is 4.98 Å². The van der Waals surface area contributed by atoms with Crippen LogP contribution in [0.2, 0.25) is 5.02 Å². The molecular weight excluding hydrogens is 348 g/mol. The first-order chi connectivity index (χ1) is 12.6. The molecule has 0 bridgehead atoms. The van der Waals surface area contributed by atoms with Crippen molar-refractivity contribution in [3.8, 4) is 0 Å². The Labute approximate surface area is 157 Å². The smallest absolute Gasteiger partial charge is 0.258 e. The molecule has 0 spiro atoms. The fourth-order valence-corrected chi connectivity index (χ4v) is 4.00.